The third-order valence-corrected chi connectivity index (χ3v) is 4.24. The van der Waals surface area contributed by atoms with Gasteiger partial charge in [-0.1, -0.05) is 0 Å². The van der Waals surface area contributed by atoms with Gasteiger partial charge in [-0.25, -0.2) is 9.79 Å². The molecular formula is C20H19N3O4S. The summed E-state index contributed by atoms with van der Waals surface area (Å²) in [5.74, 6) is -0.409. The molecule has 1 aliphatic rings. The zero-order chi connectivity index (χ0) is 20.3. The molecule has 2 aromatic heterocycles. The highest BCUT2D eigenvalue weighted by atomic mass is 32.1. The molecule has 0 atom stereocenters. The molecule has 2 amide bonds. The summed E-state index contributed by atoms with van der Waals surface area (Å²) in [7, 11) is 0. The number of H-pyrrole nitrogens is 1. The highest BCUT2D eigenvalue weighted by Gasteiger charge is 2.37. The van der Waals surface area contributed by atoms with Gasteiger partial charge in [-0.15, -0.1) is 0 Å². The van der Waals surface area contributed by atoms with Crippen molar-refractivity contribution in [2.45, 2.75) is 26.4 Å². The van der Waals surface area contributed by atoms with Crippen molar-refractivity contribution in [1.82, 2.24) is 9.88 Å². The summed E-state index contributed by atoms with van der Waals surface area (Å²) in [6.07, 6.45) is 5.53. The van der Waals surface area contributed by atoms with Gasteiger partial charge in [-0.05, 0) is 73.0 Å². The van der Waals surface area contributed by atoms with E-state index in [1.54, 1.807) is 39.0 Å². The number of nitrogens with zero attached hydrogens (tertiary/aromatic N) is 2. The highest BCUT2D eigenvalue weighted by molar-refractivity contribution is 7.08. The van der Waals surface area contributed by atoms with Crippen LogP contribution in [-0.2, 0) is 9.53 Å². The van der Waals surface area contributed by atoms with Gasteiger partial charge in [0.05, 0.1) is 0 Å². The number of hydrogen-bond donors (Lipinski definition) is 1. The lowest BCUT2D eigenvalue weighted by molar-refractivity contribution is -0.122. The predicted molar refractivity (Wildman–Crippen MR) is 109 cm³/mol. The van der Waals surface area contributed by atoms with Crippen LogP contribution in [0.5, 0.6) is 0 Å². The molecule has 0 aliphatic carbocycles. The maximum Gasteiger partial charge on any atom is 0.423 e. The molecular weight excluding hydrogens is 378 g/mol. The van der Waals surface area contributed by atoms with Gasteiger partial charge in [0.1, 0.15) is 17.1 Å². The van der Waals surface area contributed by atoms with Crippen LogP contribution in [0.25, 0.3) is 12.2 Å². The van der Waals surface area contributed by atoms with Crippen molar-refractivity contribution in [3.8, 4) is 0 Å². The number of carbonyl (C=O) groups excluding carboxylic acids is 2. The number of rotatable bonds is 3. The van der Waals surface area contributed by atoms with Gasteiger partial charge in [0.2, 0.25) is 5.56 Å². The Labute approximate surface area is 165 Å². The van der Waals surface area contributed by atoms with Crippen LogP contribution in [0.3, 0.4) is 0 Å². The van der Waals surface area contributed by atoms with E-state index in [-0.39, 0.29) is 17.1 Å². The maximum absolute atomic E-state index is 12.8. The molecule has 0 unspecified atom stereocenters. The van der Waals surface area contributed by atoms with Gasteiger partial charge in [0.25, 0.3) is 5.91 Å². The van der Waals surface area contributed by atoms with Crippen LogP contribution in [-0.4, -0.2) is 33.3 Å². The van der Waals surface area contributed by atoms with Crippen LogP contribution in [0.4, 0.5) is 4.79 Å². The first-order chi connectivity index (χ1) is 13.2. The van der Waals surface area contributed by atoms with Crippen molar-refractivity contribution in [2.75, 3.05) is 0 Å². The lowest BCUT2D eigenvalue weighted by Gasteiger charge is -2.23. The molecule has 0 aromatic carbocycles. The van der Waals surface area contributed by atoms with E-state index >= 15 is 0 Å². The zero-order valence-electron chi connectivity index (χ0n) is 15.6. The van der Waals surface area contributed by atoms with Crippen molar-refractivity contribution in [2.24, 2.45) is 4.99 Å². The third-order valence-electron chi connectivity index (χ3n) is 3.54. The molecule has 3 rings (SSSR count). The van der Waals surface area contributed by atoms with E-state index in [1.807, 2.05) is 16.8 Å². The molecule has 0 radical (unpaired) electrons. The van der Waals surface area contributed by atoms with Crippen molar-refractivity contribution in [3.63, 3.8) is 0 Å². The van der Waals surface area contributed by atoms with E-state index in [9.17, 15) is 14.4 Å². The zero-order valence-corrected chi connectivity index (χ0v) is 16.4. The van der Waals surface area contributed by atoms with E-state index in [0.717, 1.165) is 10.5 Å². The Hall–Kier alpha value is -3.26. The van der Waals surface area contributed by atoms with Crippen molar-refractivity contribution < 1.29 is 14.3 Å². The van der Waals surface area contributed by atoms with Gasteiger partial charge in [-0.3, -0.25) is 9.59 Å². The van der Waals surface area contributed by atoms with E-state index in [2.05, 4.69) is 9.98 Å². The summed E-state index contributed by atoms with van der Waals surface area (Å²) in [5.41, 5.74) is 0.679. The second-order valence-electron chi connectivity index (χ2n) is 7.00. The Kier molecular flexibility index (Phi) is 5.41. The number of carbonyl (C=O) groups is 2. The molecule has 0 spiro atoms. The van der Waals surface area contributed by atoms with E-state index in [0.29, 0.717) is 5.56 Å². The van der Waals surface area contributed by atoms with Gasteiger partial charge < -0.3 is 9.72 Å². The molecule has 3 heterocycles. The first-order valence-electron chi connectivity index (χ1n) is 8.50. The first-order valence-corrected chi connectivity index (χ1v) is 9.44. The summed E-state index contributed by atoms with van der Waals surface area (Å²) < 4.78 is 5.35. The van der Waals surface area contributed by atoms with Crippen molar-refractivity contribution in [3.05, 3.63) is 68.4 Å². The molecule has 0 fully saturated rings. The molecule has 1 N–H and O–H groups in total. The molecule has 28 heavy (non-hydrogen) atoms. The normalized spacial score (nSPS) is 16.1. The number of nitrogens with one attached hydrogen (secondary N) is 1. The van der Waals surface area contributed by atoms with Crippen LogP contribution in [0, 0.1) is 0 Å². The summed E-state index contributed by atoms with van der Waals surface area (Å²) in [6, 6.07) is 4.85. The number of aliphatic imine (C=N–C) groups is 1. The standard InChI is InChI=1S/C20H19N3O4S/c1-20(2,3)27-19(26)23-16(6-4-13-5-7-17(24)21-11-13)22-15(18(23)25)10-14-8-9-28-12-14/h4-12H,1-3H3,(H,21,24)/b6-4+,15-10-. The monoisotopic (exact) mass is 397 g/mol. The fourth-order valence-electron chi connectivity index (χ4n) is 2.34. The Morgan fingerprint density at radius 3 is 2.57 bits per heavy atom. The van der Waals surface area contributed by atoms with Crippen LogP contribution in [0.1, 0.15) is 31.9 Å². The van der Waals surface area contributed by atoms with Crippen LogP contribution in [0.15, 0.2) is 56.7 Å². The SMILES string of the molecule is CC(C)(C)OC(=O)N1C(=O)/C(=C/c2ccsc2)N=C1/C=C/c1ccc(=O)[nH]c1. The largest absolute Gasteiger partial charge is 0.443 e. The molecule has 0 bridgehead atoms. The minimum Gasteiger partial charge on any atom is -0.443 e. The molecule has 8 heteroatoms. The number of hydrogen-bond acceptors (Lipinski definition) is 6. The van der Waals surface area contributed by atoms with Crippen molar-refractivity contribution in [1.29, 1.82) is 0 Å². The van der Waals surface area contributed by atoms with Gasteiger partial charge in [0, 0.05) is 12.3 Å². The smallest absolute Gasteiger partial charge is 0.423 e. The van der Waals surface area contributed by atoms with Crippen LogP contribution in [0.2, 0.25) is 0 Å². The fourth-order valence-corrected chi connectivity index (χ4v) is 2.96. The third kappa shape index (κ3) is 4.72. The second kappa shape index (κ2) is 7.77. The number of aromatic amines is 1. The van der Waals surface area contributed by atoms with E-state index in [1.165, 1.54) is 29.7 Å². The Morgan fingerprint density at radius 1 is 1.18 bits per heavy atom. The summed E-state index contributed by atoms with van der Waals surface area (Å²) in [4.78, 5) is 44.3. The maximum atomic E-state index is 12.8. The average molecular weight is 397 g/mol. The number of thiophene rings is 1. The topological polar surface area (TPSA) is 91.8 Å². The lowest BCUT2D eigenvalue weighted by atomic mass is 10.2. The molecule has 0 saturated heterocycles. The number of imide groups is 1. The quantitative estimate of drug-likeness (QED) is 0.800. The minimum atomic E-state index is -0.795. The van der Waals surface area contributed by atoms with Gasteiger partial charge in [0.15, 0.2) is 0 Å². The number of pyridine rings is 1. The summed E-state index contributed by atoms with van der Waals surface area (Å²) in [5, 5.41) is 3.76. The van der Waals surface area contributed by atoms with Crippen LogP contribution >= 0.6 is 11.3 Å². The molecule has 0 saturated carbocycles. The number of aromatic nitrogens is 1. The summed E-state index contributed by atoms with van der Waals surface area (Å²) >= 11 is 1.50. The first kappa shape index (κ1) is 19.5. The van der Waals surface area contributed by atoms with Crippen LogP contribution < -0.4 is 5.56 Å². The molecule has 1 aliphatic heterocycles. The lowest BCUT2D eigenvalue weighted by Crippen LogP contribution is -2.41. The van der Waals surface area contributed by atoms with Gasteiger partial charge >= 0.3 is 6.09 Å². The Morgan fingerprint density at radius 2 is 1.96 bits per heavy atom. The second-order valence-corrected chi connectivity index (χ2v) is 7.78. The van der Waals surface area contributed by atoms with E-state index < -0.39 is 17.6 Å². The predicted octanol–water partition coefficient (Wildman–Crippen LogP) is 3.67. The summed E-state index contributed by atoms with van der Waals surface area (Å²) in [6.45, 7) is 5.17. The van der Waals surface area contributed by atoms with Crippen molar-refractivity contribution >= 4 is 41.3 Å². The average Bonchev–Trinajstić information content (AvgIpc) is 3.22. The minimum absolute atomic E-state index is 0.144. The van der Waals surface area contributed by atoms with Gasteiger partial charge in [-0.2, -0.15) is 16.2 Å². The number of ether oxygens (including phenoxy) is 1. The fraction of sp³-hybridized carbons (Fsp3) is 0.200. The molecule has 144 valence electrons. The highest BCUT2D eigenvalue weighted by Crippen LogP contribution is 2.23. The number of amidine groups is 1. The Balaban J connectivity index is 1.94. The Bertz CT molecular complexity index is 1020. The molecule has 2 aromatic rings. The molecule has 7 nitrogen and oxygen atoms in total. The van der Waals surface area contributed by atoms with E-state index in [4.69, 9.17) is 4.74 Å². The number of amides is 2.